The number of aromatic nitrogens is 8. The Labute approximate surface area is 287 Å². The molecule has 0 N–H and O–H groups in total. The lowest BCUT2D eigenvalue weighted by molar-refractivity contribution is 0.0600. The second kappa shape index (κ2) is 13.8. The molecule has 0 saturated heterocycles. The fourth-order valence-electron chi connectivity index (χ4n) is 6.24. The molecule has 0 spiro atoms. The zero-order valence-corrected chi connectivity index (χ0v) is 29.3. The quantitative estimate of drug-likeness (QED) is 0.168. The number of benzene rings is 2. The molecule has 4 aromatic heterocycles. The van der Waals surface area contributed by atoms with E-state index < -0.39 is 11.9 Å². The van der Waals surface area contributed by atoms with Crippen molar-refractivity contribution in [2.75, 3.05) is 7.11 Å². The van der Waals surface area contributed by atoms with Gasteiger partial charge in [0.1, 0.15) is 11.4 Å². The lowest BCUT2D eigenvalue weighted by Gasteiger charge is -2.04. The van der Waals surface area contributed by atoms with E-state index in [2.05, 4.69) is 20.2 Å². The molecule has 4 heterocycles. The number of aryl methyl sites for hydroxylation is 6. The fourth-order valence-corrected chi connectivity index (χ4v) is 6.24. The van der Waals surface area contributed by atoms with Crippen molar-refractivity contribution < 1.29 is 19.1 Å². The van der Waals surface area contributed by atoms with E-state index in [1.165, 1.54) is 7.11 Å². The van der Waals surface area contributed by atoms with Gasteiger partial charge in [-0.15, -0.1) is 0 Å². The average molecular weight is 677 g/mol. The minimum Gasteiger partial charge on any atom is -0.465 e. The number of carbonyl (C=O) groups excluding carboxylic acids is 3. The summed E-state index contributed by atoms with van der Waals surface area (Å²) in [5, 5.41) is 8.82. The Bertz CT molecular complexity index is 2460. The minimum absolute atomic E-state index is 0.360. The fraction of sp³-hybridized carbons (Fsp3) is 0.306. The highest BCUT2D eigenvalue weighted by atomic mass is 16.5. The van der Waals surface area contributed by atoms with Crippen LogP contribution < -0.4 is 11.2 Å². The van der Waals surface area contributed by atoms with E-state index in [-0.39, 0.29) is 5.91 Å². The van der Waals surface area contributed by atoms with Gasteiger partial charge < -0.3 is 23.0 Å². The number of esters is 1. The molecule has 2 amide bonds. The van der Waals surface area contributed by atoms with Gasteiger partial charge in [0, 0.05) is 40.3 Å². The van der Waals surface area contributed by atoms with Gasteiger partial charge in [-0.05, 0) is 70.2 Å². The molecule has 0 fully saturated rings. The number of carbonyl (C=O) groups is 3. The maximum absolute atomic E-state index is 13.5. The zero-order chi connectivity index (χ0) is 35.7. The van der Waals surface area contributed by atoms with Crippen LogP contribution in [0.25, 0.3) is 22.1 Å². The van der Waals surface area contributed by atoms with Crippen LogP contribution in [-0.4, -0.2) is 62.7 Å². The van der Waals surface area contributed by atoms with Gasteiger partial charge in [-0.2, -0.15) is 20.2 Å². The molecule has 2 aromatic carbocycles. The summed E-state index contributed by atoms with van der Waals surface area (Å²) >= 11 is 0. The van der Waals surface area contributed by atoms with E-state index in [0.717, 1.165) is 27.9 Å². The minimum atomic E-state index is -0.461. The van der Waals surface area contributed by atoms with Crippen molar-refractivity contribution in [2.45, 2.75) is 53.9 Å². The molecule has 14 nitrogen and oxygen atoms in total. The van der Waals surface area contributed by atoms with E-state index in [9.17, 15) is 14.4 Å². The molecule has 0 atom stereocenters. The largest absolute Gasteiger partial charge is 0.465 e. The van der Waals surface area contributed by atoms with Crippen LogP contribution in [0.2, 0.25) is 0 Å². The number of hydrogen-bond donors (Lipinski definition) is 0. The maximum Gasteiger partial charge on any atom is 0.337 e. The van der Waals surface area contributed by atoms with Crippen LogP contribution in [0.15, 0.2) is 76.7 Å². The number of allylic oxidation sites excluding steroid dienone is 2. The normalized spacial score (nSPS) is 12.6. The van der Waals surface area contributed by atoms with Crippen molar-refractivity contribution in [2.24, 2.45) is 24.1 Å². The Hall–Kier alpha value is -6.05. The Morgan fingerprint density at radius 3 is 1.68 bits per heavy atom. The first-order valence-electron chi connectivity index (χ1n) is 16.4. The third-order valence-electron chi connectivity index (χ3n) is 8.65. The Morgan fingerprint density at radius 2 is 1.18 bits per heavy atom. The van der Waals surface area contributed by atoms with E-state index in [1.54, 1.807) is 45.2 Å². The zero-order valence-electron chi connectivity index (χ0n) is 29.3. The van der Waals surface area contributed by atoms with Gasteiger partial charge in [-0.1, -0.05) is 24.3 Å². The second-order valence-electron chi connectivity index (χ2n) is 11.9. The van der Waals surface area contributed by atoms with Crippen LogP contribution in [-0.2, 0) is 45.0 Å². The first-order valence-corrected chi connectivity index (χ1v) is 16.4. The molecule has 0 radical (unpaired) electrons. The van der Waals surface area contributed by atoms with E-state index in [0.29, 0.717) is 59.9 Å². The number of fused-ring (bicyclic) bond motifs is 2. The third-order valence-corrected chi connectivity index (χ3v) is 8.65. The van der Waals surface area contributed by atoms with Crippen LogP contribution >= 0.6 is 0 Å². The number of amides is 2. The molecule has 50 heavy (non-hydrogen) atoms. The second-order valence-corrected chi connectivity index (χ2v) is 11.9. The molecule has 0 saturated carbocycles. The summed E-state index contributed by atoms with van der Waals surface area (Å²) in [4.78, 5) is 48.5. The van der Waals surface area contributed by atoms with Crippen LogP contribution in [0.4, 0.5) is 0 Å². The first kappa shape index (κ1) is 33.8. The topological polar surface area (TPSA) is 141 Å². The molecule has 0 aliphatic rings. The SMILES string of the molecule is CCn1nc(C)cc1C(=O)/N=c1\n(C)c2ccccc2n1C/C=C/Cn1/c(=N/C(=O)c2cc(C)nn2CC)n(C)c2cc(C(=O)OC)ccc21. The summed E-state index contributed by atoms with van der Waals surface area (Å²) in [5.74, 6) is -1.26. The van der Waals surface area contributed by atoms with Gasteiger partial charge in [-0.25, -0.2) is 4.79 Å². The highest BCUT2D eigenvalue weighted by Gasteiger charge is 2.18. The van der Waals surface area contributed by atoms with Crippen molar-refractivity contribution in [1.82, 2.24) is 37.8 Å². The summed E-state index contributed by atoms with van der Waals surface area (Å²) in [7, 11) is 5.04. The van der Waals surface area contributed by atoms with E-state index >= 15 is 0 Å². The van der Waals surface area contributed by atoms with Gasteiger partial charge in [-0.3, -0.25) is 19.0 Å². The Kier molecular flexibility index (Phi) is 9.35. The van der Waals surface area contributed by atoms with Gasteiger partial charge in [0.25, 0.3) is 11.8 Å². The standard InChI is InChI=1S/C36H40N10O4/c1-8-45-30(20-23(3)39-45)32(47)37-35-41(5)26-14-10-11-15-27(26)43(35)18-12-13-19-44-28-17-16-25(34(49)50-7)22-29(28)42(6)36(44)38-33(48)31-21-24(4)40-46(31)9-2/h10-17,20-22H,8-9,18-19H2,1-7H3/b13-12+,37-35+,38-36+. The number of imidazole rings is 2. The molecule has 0 aliphatic heterocycles. The van der Waals surface area contributed by atoms with Gasteiger partial charge in [0.05, 0.1) is 46.1 Å². The van der Waals surface area contributed by atoms with Crippen LogP contribution in [0, 0.1) is 13.8 Å². The predicted octanol–water partition coefficient (Wildman–Crippen LogP) is 3.85. The van der Waals surface area contributed by atoms with Gasteiger partial charge in [0.2, 0.25) is 11.2 Å². The van der Waals surface area contributed by atoms with Crippen LogP contribution in [0.5, 0.6) is 0 Å². The monoisotopic (exact) mass is 676 g/mol. The van der Waals surface area contributed by atoms with Crippen LogP contribution in [0.1, 0.15) is 56.6 Å². The van der Waals surface area contributed by atoms with E-state index in [1.807, 2.05) is 90.9 Å². The molecular formula is C36H40N10O4. The molecule has 14 heteroatoms. The maximum atomic E-state index is 13.5. The molecular weight excluding hydrogens is 636 g/mol. The number of methoxy groups -OCH3 is 1. The number of ether oxygens (including phenoxy) is 1. The molecule has 0 aliphatic carbocycles. The lowest BCUT2D eigenvalue weighted by Crippen LogP contribution is -2.27. The highest BCUT2D eigenvalue weighted by molar-refractivity contribution is 5.95. The molecule has 258 valence electrons. The smallest absolute Gasteiger partial charge is 0.337 e. The third kappa shape index (κ3) is 6.15. The predicted molar refractivity (Wildman–Crippen MR) is 187 cm³/mol. The van der Waals surface area contributed by atoms with Crippen LogP contribution in [0.3, 0.4) is 0 Å². The average Bonchev–Trinajstić information content (AvgIpc) is 3.84. The van der Waals surface area contributed by atoms with Crippen molar-refractivity contribution in [3.63, 3.8) is 0 Å². The summed E-state index contributed by atoms with van der Waals surface area (Å²) in [6.45, 7) is 9.40. The number of rotatable bonds is 9. The Balaban J connectivity index is 1.41. The first-order chi connectivity index (χ1) is 24.1. The van der Waals surface area contributed by atoms with Gasteiger partial charge >= 0.3 is 5.97 Å². The number of nitrogens with zero attached hydrogens (tertiary/aromatic N) is 10. The number of para-hydroxylation sites is 2. The molecule has 0 bridgehead atoms. The Morgan fingerprint density at radius 1 is 0.700 bits per heavy atom. The van der Waals surface area contributed by atoms with Gasteiger partial charge in [0.15, 0.2) is 0 Å². The van der Waals surface area contributed by atoms with Crippen molar-refractivity contribution in [3.05, 3.63) is 106 Å². The summed E-state index contributed by atoms with van der Waals surface area (Å²) < 4.78 is 15.8. The lowest BCUT2D eigenvalue weighted by atomic mass is 10.2. The number of hydrogen-bond acceptors (Lipinski definition) is 6. The summed E-state index contributed by atoms with van der Waals surface area (Å²) in [6.07, 6.45) is 3.97. The van der Waals surface area contributed by atoms with Crippen molar-refractivity contribution >= 4 is 39.9 Å². The highest BCUT2D eigenvalue weighted by Crippen LogP contribution is 2.17. The van der Waals surface area contributed by atoms with Crippen molar-refractivity contribution in [1.29, 1.82) is 0 Å². The van der Waals surface area contributed by atoms with E-state index in [4.69, 9.17) is 4.74 Å². The molecule has 0 unspecified atom stereocenters. The summed E-state index contributed by atoms with van der Waals surface area (Å²) in [6, 6.07) is 16.6. The summed E-state index contributed by atoms with van der Waals surface area (Å²) in [5.41, 5.74) is 6.93. The molecule has 6 rings (SSSR count). The van der Waals surface area contributed by atoms with Crippen molar-refractivity contribution in [3.8, 4) is 0 Å². The molecule has 6 aromatic rings.